The minimum absolute atomic E-state index is 0.0148. The van der Waals surface area contributed by atoms with Crippen LogP contribution in [0.3, 0.4) is 0 Å². The zero-order chi connectivity index (χ0) is 30.5. The summed E-state index contributed by atoms with van der Waals surface area (Å²) in [7, 11) is 0. The van der Waals surface area contributed by atoms with Crippen molar-refractivity contribution < 1.29 is 0 Å². The Morgan fingerprint density at radius 1 is 0.545 bits per heavy atom. The molecule has 3 aliphatic carbocycles. The van der Waals surface area contributed by atoms with Crippen molar-refractivity contribution in [3.05, 3.63) is 107 Å². The first-order valence-electron chi connectivity index (χ1n) is 17.5. The van der Waals surface area contributed by atoms with Crippen LogP contribution in [0.2, 0.25) is 0 Å². The van der Waals surface area contributed by atoms with Crippen molar-refractivity contribution in [2.45, 2.75) is 122 Å². The van der Waals surface area contributed by atoms with Crippen LogP contribution >= 0.6 is 0 Å². The Morgan fingerprint density at radius 3 is 1.80 bits per heavy atom. The van der Waals surface area contributed by atoms with Crippen LogP contribution in [0.4, 0.5) is 11.4 Å². The van der Waals surface area contributed by atoms with E-state index in [0.29, 0.717) is 11.8 Å². The number of nitrogens with zero attached hydrogens (tertiary/aromatic N) is 1. The molecule has 0 aromatic heterocycles. The fraction of sp³-hybridized carbons (Fsp3) is 0.442. The van der Waals surface area contributed by atoms with Gasteiger partial charge in [-0.2, -0.15) is 0 Å². The second-order valence-corrected chi connectivity index (χ2v) is 15.4. The molecular formula is C43H51N. The molecule has 1 nitrogen and oxygen atoms in total. The van der Waals surface area contributed by atoms with Gasteiger partial charge in [0.1, 0.15) is 0 Å². The zero-order valence-corrected chi connectivity index (χ0v) is 27.8. The Hall–Kier alpha value is -3.32. The van der Waals surface area contributed by atoms with Gasteiger partial charge in [0.2, 0.25) is 0 Å². The average Bonchev–Trinajstić information content (AvgIpc) is 3.27. The predicted molar refractivity (Wildman–Crippen MR) is 189 cm³/mol. The fourth-order valence-electron chi connectivity index (χ4n) is 8.85. The van der Waals surface area contributed by atoms with Crippen molar-refractivity contribution in [1.29, 1.82) is 0 Å². The number of hydrogen-bond donors (Lipinski definition) is 0. The summed E-state index contributed by atoms with van der Waals surface area (Å²) < 4.78 is 0. The van der Waals surface area contributed by atoms with Gasteiger partial charge >= 0.3 is 0 Å². The molecule has 0 N–H and O–H groups in total. The molecule has 2 fully saturated rings. The highest BCUT2D eigenvalue weighted by molar-refractivity contribution is 5.87. The average molecular weight is 582 g/mol. The first-order valence-corrected chi connectivity index (χ1v) is 17.5. The first-order chi connectivity index (χ1) is 21.2. The molecule has 0 radical (unpaired) electrons. The van der Waals surface area contributed by atoms with Crippen molar-refractivity contribution in [3.63, 3.8) is 0 Å². The number of benzene rings is 4. The second-order valence-electron chi connectivity index (χ2n) is 15.4. The van der Waals surface area contributed by atoms with Gasteiger partial charge in [0.05, 0.1) is 0 Å². The quantitative estimate of drug-likeness (QED) is 0.227. The Kier molecular flexibility index (Phi) is 7.72. The lowest BCUT2D eigenvalue weighted by Gasteiger charge is -2.43. The smallest absolute Gasteiger partial charge is 0.0457 e. The molecule has 228 valence electrons. The largest absolute Gasteiger partial charge is 0.336 e. The van der Waals surface area contributed by atoms with Gasteiger partial charge in [0, 0.05) is 22.3 Å². The summed E-state index contributed by atoms with van der Waals surface area (Å²) in [6.45, 7) is 12.2. The highest BCUT2D eigenvalue weighted by Crippen LogP contribution is 2.54. The monoisotopic (exact) mass is 581 g/mol. The van der Waals surface area contributed by atoms with Gasteiger partial charge in [-0.25, -0.2) is 0 Å². The molecule has 0 bridgehead atoms. The van der Waals surface area contributed by atoms with E-state index in [1.165, 1.54) is 109 Å². The minimum atomic E-state index is -0.0932. The van der Waals surface area contributed by atoms with Gasteiger partial charge in [0.15, 0.2) is 0 Å². The van der Waals surface area contributed by atoms with Crippen molar-refractivity contribution in [1.82, 2.24) is 0 Å². The van der Waals surface area contributed by atoms with Gasteiger partial charge in [-0.15, -0.1) is 0 Å². The maximum atomic E-state index is 2.78. The summed E-state index contributed by atoms with van der Waals surface area (Å²) in [4.78, 5) is 2.78. The molecule has 0 amide bonds. The Labute approximate surface area is 266 Å². The van der Waals surface area contributed by atoms with E-state index >= 15 is 0 Å². The van der Waals surface area contributed by atoms with E-state index in [9.17, 15) is 0 Å². The van der Waals surface area contributed by atoms with E-state index in [4.69, 9.17) is 0 Å². The summed E-state index contributed by atoms with van der Waals surface area (Å²) in [5.74, 6) is 1.24. The molecule has 0 atom stereocenters. The van der Waals surface area contributed by atoms with Crippen LogP contribution in [0.15, 0.2) is 84.9 Å². The summed E-state index contributed by atoms with van der Waals surface area (Å²) in [6.07, 6.45) is 13.3. The van der Waals surface area contributed by atoms with Crippen molar-refractivity contribution in [2.24, 2.45) is 0 Å². The van der Waals surface area contributed by atoms with Crippen LogP contribution in [0.25, 0.3) is 22.3 Å². The maximum absolute atomic E-state index is 2.78. The molecule has 7 rings (SSSR count). The topological polar surface area (TPSA) is 3.24 Å². The summed E-state index contributed by atoms with van der Waals surface area (Å²) >= 11 is 0. The molecule has 1 heteroatoms. The van der Waals surface area contributed by atoms with Crippen LogP contribution in [-0.2, 0) is 5.41 Å². The van der Waals surface area contributed by atoms with Gasteiger partial charge < -0.3 is 4.90 Å². The standard InChI is InChI=1S/C43H51N/c1-42(2,3)44(40-27-33(30-17-9-6-10-18-30)25-26-34(40)31-19-11-7-12-20-31)41-29-37-35-23-15-16-24-38(35)43(4,5)39(37)28-36(41)32-21-13-8-14-22-32/h6,9-10,15-18,23-29,31-32H,7-8,11-14,19-22H2,1-5H3. The molecule has 0 spiro atoms. The first kappa shape index (κ1) is 29.4. The van der Waals surface area contributed by atoms with E-state index in [-0.39, 0.29) is 11.0 Å². The van der Waals surface area contributed by atoms with E-state index < -0.39 is 0 Å². The molecule has 0 heterocycles. The maximum Gasteiger partial charge on any atom is 0.0457 e. The Balaban J connectivity index is 1.49. The van der Waals surface area contributed by atoms with Crippen molar-refractivity contribution in [2.75, 3.05) is 4.90 Å². The molecular weight excluding hydrogens is 530 g/mol. The van der Waals surface area contributed by atoms with Crippen molar-refractivity contribution in [3.8, 4) is 22.3 Å². The van der Waals surface area contributed by atoms with Crippen LogP contribution in [0.5, 0.6) is 0 Å². The lowest BCUT2D eigenvalue weighted by atomic mass is 9.77. The Bertz CT molecular complexity index is 1620. The van der Waals surface area contributed by atoms with E-state index in [0.717, 1.165) is 0 Å². The highest BCUT2D eigenvalue weighted by atomic mass is 15.2. The van der Waals surface area contributed by atoms with Crippen LogP contribution < -0.4 is 4.90 Å². The molecule has 4 aromatic rings. The zero-order valence-electron chi connectivity index (χ0n) is 27.8. The van der Waals surface area contributed by atoms with Gasteiger partial charge in [-0.05, 0) is 115 Å². The molecule has 2 saturated carbocycles. The molecule has 0 aliphatic heterocycles. The van der Waals surface area contributed by atoms with Crippen LogP contribution in [0, 0.1) is 0 Å². The van der Waals surface area contributed by atoms with Gasteiger partial charge in [0.25, 0.3) is 0 Å². The summed E-state index contributed by atoms with van der Waals surface area (Å²) in [6, 6.07) is 32.9. The molecule has 3 aliphatic rings. The number of fused-ring (bicyclic) bond motifs is 3. The minimum Gasteiger partial charge on any atom is -0.336 e. The third-order valence-electron chi connectivity index (χ3n) is 11.1. The van der Waals surface area contributed by atoms with Crippen molar-refractivity contribution >= 4 is 11.4 Å². The second kappa shape index (κ2) is 11.6. The predicted octanol–water partition coefficient (Wildman–Crippen LogP) is 12.7. The summed E-state index contributed by atoms with van der Waals surface area (Å²) in [5.41, 5.74) is 14.4. The fourth-order valence-corrected chi connectivity index (χ4v) is 8.85. The van der Waals surface area contributed by atoms with Crippen LogP contribution in [0.1, 0.15) is 133 Å². The lowest BCUT2D eigenvalue weighted by Crippen LogP contribution is -2.39. The Morgan fingerprint density at radius 2 is 1.14 bits per heavy atom. The van der Waals surface area contributed by atoms with E-state index in [1.807, 2.05) is 0 Å². The molecule has 4 aromatic carbocycles. The lowest BCUT2D eigenvalue weighted by molar-refractivity contribution is 0.438. The number of anilines is 2. The van der Waals surface area contributed by atoms with Gasteiger partial charge in [-0.1, -0.05) is 125 Å². The highest BCUT2D eigenvalue weighted by Gasteiger charge is 2.39. The third kappa shape index (κ3) is 5.21. The number of hydrogen-bond acceptors (Lipinski definition) is 1. The molecule has 0 saturated heterocycles. The third-order valence-corrected chi connectivity index (χ3v) is 11.1. The van der Waals surface area contributed by atoms with Crippen LogP contribution in [-0.4, -0.2) is 5.54 Å². The molecule has 0 unspecified atom stereocenters. The SMILES string of the molecule is CC1(C)c2ccccc2-c2cc(N(c3cc(-c4ccccc4)ccc3C3CCCCC3)C(C)(C)C)c(C3CCCCC3)cc21. The molecule has 44 heavy (non-hydrogen) atoms. The van der Waals surface area contributed by atoms with Gasteiger partial charge in [-0.3, -0.25) is 0 Å². The van der Waals surface area contributed by atoms with E-state index in [2.05, 4.69) is 124 Å². The normalized spacial score (nSPS) is 18.6. The summed E-state index contributed by atoms with van der Waals surface area (Å²) in [5, 5.41) is 0. The van der Waals surface area contributed by atoms with E-state index in [1.54, 1.807) is 11.1 Å². The number of rotatable bonds is 5.